The van der Waals surface area contributed by atoms with Crippen LogP contribution in [-0.4, -0.2) is 40.5 Å². The summed E-state index contributed by atoms with van der Waals surface area (Å²) >= 11 is 0. The number of alkyl halides is 2. The molecular formula is C26H31F2N5O3. The van der Waals surface area contributed by atoms with Gasteiger partial charge in [0.05, 0.1) is 23.7 Å². The third-order valence-electron chi connectivity index (χ3n) is 5.68. The number of nitrogens with two attached hydrogens (primary N) is 1. The normalized spacial score (nSPS) is 12.9. The monoisotopic (exact) mass is 499 g/mol. The van der Waals surface area contributed by atoms with E-state index in [-0.39, 0.29) is 17.9 Å². The molecule has 1 aromatic heterocycles. The summed E-state index contributed by atoms with van der Waals surface area (Å²) in [4.78, 5) is 8.94. The van der Waals surface area contributed by atoms with Gasteiger partial charge in [-0.1, -0.05) is 0 Å². The van der Waals surface area contributed by atoms with E-state index in [4.69, 9.17) is 15.2 Å². The zero-order chi connectivity index (χ0) is 26.7. The summed E-state index contributed by atoms with van der Waals surface area (Å²) < 4.78 is 40.7. The Hall–Kier alpha value is -3.55. The Labute approximate surface area is 209 Å². The highest BCUT2D eigenvalue weighted by Crippen LogP contribution is 2.40. The van der Waals surface area contributed by atoms with Crippen molar-refractivity contribution in [3.63, 3.8) is 0 Å². The summed E-state index contributed by atoms with van der Waals surface area (Å²) in [6.07, 6.45) is 0. The number of aliphatic hydroxyl groups is 1. The number of ether oxygens (including phenoxy) is 2. The van der Waals surface area contributed by atoms with Gasteiger partial charge in [0.15, 0.2) is 0 Å². The Kier molecular flexibility index (Phi) is 7.96. The lowest BCUT2D eigenvalue weighted by Crippen LogP contribution is -2.40. The maximum atomic E-state index is 14.8. The van der Waals surface area contributed by atoms with Crippen molar-refractivity contribution in [2.75, 3.05) is 30.9 Å². The SMILES string of the molecule is CCOCCOc1cc2c(N[C@H](C)c3cc(N)cc(C(F)(F)C(C)(C)O)c3)nc(C)nc2cc1C#N. The van der Waals surface area contributed by atoms with Gasteiger partial charge in [-0.15, -0.1) is 0 Å². The summed E-state index contributed by atoms with van der Waals surface area (Å²) in [5.41, 5.74) is 4.78. The van der Waals surface area contributed by atoms with Gasteiger partial charge in [0.1, 0.15) is 35.7 Å². The molecule has 0 bridgehead atoms. The first kappa shape index (κ1) is 27.0. The topological polar surface area (TPSA) is 126 Å². The van der Waals surface area contributed by atoms with Crippen LogP contribution in [-0.2, 0) is 10.7 Å². The molecule has 0 fully saturated rings. The number of aromatic nitrogens is 2. The number of hydrogen-bond donors (Lipinski definition) is 3. The third kappa shape index (κ3) is 5.80. The zero-order valence-corrected chi connectivity index (χ0v) is 21.0. The van der Waals surface area contributed by atoms with Crippen molar-refractivity contribution in [3.8, 4) is 11.8 Å². The van der Waals surface area contributed by atoms with Crippen LogP contribution in [0.4, 0.5) is 20.3 Å². The maximum Gasteiger partial charge on any atom is 0.300 e. The molecule has 3 aromatic rings. The van der Waals surface area contributed by atoms with Crippen LogP contribution in [0.2, 0.25) is 0 Å². The number of aryl methyl sites for hydroxylation is 1. The molecule has 1 atom stereocenters. The predicted molar refractivity (Wildman–Crippen MR) is 134 cm³/mol. The molecule has 1 heterocycles. The Morgan fingerprint density at radius 3 is 2.53 bits per heavy atom. The van der Waals surface area contributed by atoms with Gasteiger partial charge in [0.25, 0.3) is 0 Å². The highest BCUT2D eigenvalue weighted by molar-refractivity contribution is 5.91. The van der Waals surface area contributed by atoms with Crippen LogP contribution < -0.4 is 15.8 Å². The van der Waals surface area contributed by atoms with Crippen LogP contribution in [0, 0.1) is 18.3 Å². The average Bonchev–Trinajstić information content (AvgIpc) is 2.80. The quantitative estimate of drug-likeness (QED) is 0.267. The minimum absolute atomic E-state index is 0.146. The fourth-order valence-corrected chi connectivity index (χ4v) is 3.69. The van der Waals surface area contributed by atoms with Crippen LogP contribution >= 0.6 is 0 Å². The van der Waals surface area contributed by atoms with Crippen molar-refractivity contribution in [1.29, 1.82) is 5.26 Å². The molecule has 0 aliphatic carbocycles. The van der Waals surface area contributed by atoms with E-state index < -0.39 is 17.6 Å². The van der Waals surface area contributed by atoms with E-state index in [9.17, 15) is 19.1 Å². The van der Waals surface area contributed by atoms with Gasteiger partial charge in [-0.3, -0.25) is 0 Å². The number of rotatable bonds is 10. The number of anilines is 2. The molecule has 0 spiro atoms. The summed E-state index contributed by atoms with van der Waals surface area (Å²) in [6.45, 7) is 8.68. The lowest BCUT2D eigenvalue weighted by molar-refractivity contribution is -0.168. The Morgan fingerprint density at radius 1 is 1.17 bits per heavy atom. The van der Waals surface area contributed by atoms with Gasteiger partial charge in [-0.2, -0.15) is 14.0 Å². The molecule has 10 heteroatoms. The first-order valence-electron chi connectivity index (χ1n) is 11.6. The van der Waals surface area contributed by atoms with Crippen LogP contribution in [0.15, 0.2) is 30.3 Å². The second-order valence-corrected chi connectivity index (χ2v) is 9.03. The highest BCUT2D eigenvalue weighted by Gasteiger charge is 2.47. The molecule has 3 rings (SSSR count). The number of benzene rings is 2. The molecular weight excluding hydrogens is 468 g/mol. The molecule has 0 unspecified atom stereocenters. The van der Waals surface area contributed by atoms with E-state index in [1.54, 1.807) is 32.0 Å². The first-order chi connectivity index (χ1) is 16.9. The number of hydrogen-bond acceptors (Lipinski definition) is 8. The Morgan fingerprint density at radius 2 is 1.89 bits per heavy atom. The maximum absolute atomic E-state index is 14.8. The van der Waals surface area contributed by atoms with Gasteiger partial charge < -0.3 is 25.6 Å². The first-order valence-corrected chi connectivity index (χ1v) is 11.6. The molecule has 192 valence electrons. The minimum Gasteiger partial charge on any atom is -0.490 e. The van der Waals surface area contributed by atoms with Gasteiger partial charge in [-0.05, 0) is 70.5 Å². The van der Waals surface area contributed by atoms with Crippen LogP contribution in [0.3, 0.4) is 0 Å². The molecule has 0 radical (unpaired) electrons. The van der Waals surface area contributed by atoms with E-state index in [0.717, 1.165) is 19.9 Å². The lowest BCUT2D eigenvalue weighted by Gasteiger charge is -2.30. The average molecular weight is 500 g/mol. The van der Waals surface area contributed by atoms with Crippen LogP contribution in [0.25, 0.3) is 10.9 Å². The number of nitriles is 1. The molecule has 36 heavy (non-hydrogen) atoms. The molecule has 4 N–H and O–H groups in total. The molecule has 0 saturated carbocycles. The van der Waals surface area contributed by atoms with E-state index in [0.29, 0.717) is 52.6 Å². The van der Waals surface area contributed by atoms with Gasteiger partial charge in [-0.25, -0.2) is 9.97 Å². The second-order valence-electron chi connectivity index (χ2n) is 9.03. The van der Waals surface area contributed by atoms with Crippen molar-refractivity contribution in [1.82, 2.24) is 9.97 Å². The van der Waals surface area contributed by atoms with Crippen molar-refractivity contribution >= 4 is 22.4 Å². The van der Waals surface area contributed by atoms with Gasteiger partial charge in [0, 0.05) is 23.2 Å². The Bertz CT molecular complexity index is 1290. The van der Waals surface area contributed by atoms with Crippen molar-refractivity contribution in [2.45, 2.75) is 52.2 Å². The number of nitrogen functional groups attached to an aromatic ring is 1. The predicted octanol–water partition coefficient (Wildman–Crippen LogP) is 4.84. The fraction of sp³-hybridized carbons (Fsp3) is 0.423. The van der Waals surface area contributed by atoms with Gasteiger partial charge in [0.2, 0.25) is 0 Å². The van der Waals surface area contributed by atoms with E-state index in [1.807, 2.05) is 6.92 Å². The molecule has 0 aliphatic rings. The Balaban J connectivity index is 2.00. The van der Waals surface area contributed by atoms with Crippen LogP contribution in [0.1, 0.15) is 56.3 Å². The summed E-state index contributed by atoms with van der Waals surface area (Å²) in [7, 11) is 0. The summed E-state index contributed by atoms with van der Waals surface area (Å²) in [6, 6.07) is 9.01. The minimum atomic E-state index is -3.52. The second kappa shape index (κ2) is 10.6. The molecule has 0 saturated heterocycles. The smallest absolute Gasteiger partial charge is 0.300 e. The summed E-state index contributed by atoms with van der Waals surface area (Å²) in [5, 5.41) is 23.4. The van der Waals surface area contributed by atoms with Crippen molar-refractivity contribution in [3.05, 3.63) is 52.8 Å². The number of nitrogens with zero attached hydrogens (tertiary/aromatic N) is 3. The number of nitrogens with one attached hydrogen (secondary N) is 1. The van der Waals surface area contributed by atoms with Gasteiger partial charge >= 0.3 is 5.92 Å². The molecule has 0 aliphatic heterocycles. The summed E-state index contributed by atoms with van der Waals surface area (Å²) in [5.74, 6) is -2.24. The number of halogens is 2. The van der Waals surface area contributed by atoms with Crippen molar-refractivity contribution in [2.24, 2.45) is 0 Å². The zero-order valence-electron chi connectivity index (χ0n) is 21.0. The molecule has 2 aromatic carbocycles. The van der Waals surface area contributed by atoms with Crippen molar-refractivity contribution < 1.29 is 23.4 Å². The van der Waals surface area contributed by atoms with E-state index >= 15 is 0 Å². The fourth-order valence-electron chi connectivity index (χ4n) is 3.69. The molecule has 0 amide bonds. The largest absolute Gasteiger partial charge is 0.490 e. The third-order valence-corrected chi connectivity index (χ3v) is 5.68. The van der Waals surface area contributed by atoms with E-state index in [2.05, 4.69) is 21.4 Å². The highest BCUT2D eigenvalue weighted by atomic mass is 19.3. The molecule has 8 nitrogen and oxygen atoms in total. The standard InChI is InChI=1S/C26H31F2N5O3/c1-6-35-7-8-36-23-13-21-22(11-18(23)14-29)32-16(3)33-24(21)31-15(2)17-9-19(12-20(30)10-17)26(27,28)25(4,5)34/h9-13,15,34H,6-8,30H2,1-5H3,(H,31,32,33)/t15-/m1/s1. The lowest BCUT2D eigenvalue weighted by atomic mass is 9.91. The number of fused-ring (bicyclic) bond motifs is 1. The van der Waals surface area contributed by atoms with Crippen LogP contribution in [0.5, 0.6) is 5.75 Å². The van der Waals surface area contributed by atoms with E-state index in [1.165, 1.54) is 6.07 Å².